The molecule has 4 saturated carbocycles. The Hall–Kier alpha value is -0.580. The van der Waals surface area contributed by atoms with Crippen molar-refractivity contribution >= 4 is 21.6 Å². The SMILES string of the molecule is Cc1c(Cl)cccc1S(=O)(=O)NCC12CC3CC(CC(C3)C1)C2. The third-order valence-electron chi connectivity index (χ3n) is 6.31. The summed E-state index contributed by atoms with van der Waals surface area (Å²) in [4.78, 5) is 0.315. The lowest BCUT2D eigenvalue weighted by atomic mass is 9.50. The third-order valence-corrected chi connectivity index (χ3v) is 8.26. The number of hydrogen-bond donors (Lipinski definition) is 1. The Morgan fingerprint density at radius 1 is 1.13 bits per heavy atom. The van der Waals surface area contributed by atoms with E-state index in [0.29, 0.717) is 22.0 Å². The quantitative estimate of drug-likeness (QED) is 0.884. The molecule has 0 saturated heterocycles. The summed E-state index contributed by atoms with van der Waals surface area (Å²) in [5.41, 5.74) is 0.834. The summed E-state index contributed by atoms with van der Waals surface area (Å²) >= 11 is 6.08. The van der Waals surface area contributed by atoms with Gasteiger partial charge in [0.15, 0.2) is 0 Å². The van der Waals surface area contributed by atoms with E-state index < -0.39 is 10.0 Å². The maximum atomic E-state index is 12.7. The lowest BCUT2D eigenvalue weighted by Crippen LogP contribution is -2.51. The fourth-order valence-corrected chi connectivity index (χ4v) is 7.36. The highest BCUT2D eigenvalue weighted by atomic mass is 35.5. The molecule has 5 rings (SSSR count). The molecule has 4 aliphatic carbocycles. The van der Waals surface area contributed by atoms with Crippen LogP contribution in [0.4, 0.5) is 0 Å². The molecule has 4 bridgehead atoms. The van der Waals surface area contributed by atoms with E-state index >= 15 is 0 Å². The van der Waals surface area contributed by atoms with Crippen molar-refractivity contribution in [3.8, 4) is 0 Å². The molecule has 126 valence electrons. The summed E-state index contributed by atoms with van der Waals surface area (Å²) < 4.78 is 28.4. The van der Waals surface area contributed by atoms with Crippen LogP contribution in [0.3, 0.4) is 0 Å². The van der Waals surface area contributed by atoms with Gasteiger partial charge in [0.2, 0.25) is 10.0 Å². The Kier molecular flexibility index (Phi) is 3.78. The van der Waals surface area contributed by atoms with E-state index in [-0.39, 0.29) is 5.41 Å². The normalized spacial score (nSPS) is 35.7. The first-order valence-electron chi connectivity index (χ1n) is 8.62. The van der Waals surface area contributed by atoms with E-state index in [2.05, 4.69) is 4.72 Å². The monoisotopic (exact) mass is 353 g/mol. The molecule has 0 aliphatic heterocycles. The van der Waals surface area contributed by atoms with E-state index in [4.69, 9.17) is 11.6 Å². The molecular formula is C18H24ClNO2S. The number of halogens is 1. The highest BCUT2D eigenvalue weighted by Crippen LogP contribution is 2.59. The molecule has 0 heterocycles. The largest absolute Gasteiger partial charge is 0.240 e. The van der Waals surface area contributed by atoms with Crippen LogP contribution >= 0.6 is 11.6 Å². The van der Waals surface area contributed by atoms with Crippen molar-refractivity contribution < 1.29 is 8.42 Å². The molecule has 0 amide bonds. The molecular weight excluding hydrogens is 330 g/mol. The molecule has 1 N–H and O–H groups in total. The first-order chi connectivity index (χ1) is 10.9. The lowest BCUT2D eigenvalue weighted by molar-refractivity contribution is -0.0487. The summed E-state index contributed by atoms with van der Waals surface area (Å²) in [6.45, 7) is 2.35. The fourth-order valence-electron chi connectivity index (χ4n) is 5.71. The Bertz CT molecular complexity index is 693. The van der Waals surface area contributed by atoms with Crippen molar-refractivity contribution in [2.45, 2.75) is 50.3 Å². The Morgan fingerprint density at radius 2 is 1.70 bits per heavy atom. The standard InChI is InChI=1S/C18H24ClNO2S/c1-12-16(19)3-2-4-17(12)23(21,22)20-11-18-8-13-5-14(9-18)7-15(6-13)10-18/h2-4,13-15,20H,5-11H2,1H3. The van der Waals surface area contributed by atoms with Gasteiger partial charge in [0.25, 0.3) is 0 Å². The zero-order valence-electron chi connectivity index (χ0n) is 13.5. The predicted molar refractivity (Wildman–Crippen MR) is 92.0 cm³/mol. The maximum Gasteiger partial charge on any atom is 0.240 e. The van der Waals surface area contributed by atoms with Gasteiger partial charge in [-0.25, -0.2) is 13.1 Å². The third kappa shape index (κ3) is 2.83. The van der Waals surface area contributed by atoms with Crippen LogP contribution in [-0.2, 0) is 10.0 Å². The summed E-state index contributed by atoms with van der Waals surface area (Å²) in [6.07, 6.45) is 7.74. The predicted octanol–water partition coefficient (Wildman–Crippen LogP) is 4.14. The molecule has 1 aromatic carbocycles. The van der Waals surface area contributed by atoms with Gasteiger partial charge < -0.3 is 0 Å². The van der Waals surface area contributed by atoms with Crippen LogP contribution in [0.5, 0.6) is 0 Å². The van der Waals surface area contributed by atoms with Gasteiger partial charge >= 0.3 is 0 Å². The van der Waals surface area contributed by atoms with Gasteiger partial charge in [-0.3, -0.25) is 0 Å². The minimum Gasteiger partial charge on any atom is -0.211 e. The summed E-state index contributed by atoms with van der Waals surface area (Å²) in [5.74, 6) is 2.50. The van der Waals surface area contributed by atoms with Crippen LogP contribution in [-0.4, -0.2) is 15.0 Å². The fraction of sp³-hybridized carbons (Fsp3) is 0.667. The van der Waals surface area contributed by atoms with Gasteiger partial charge in [-0.15, -0.1) is 0 Å². The zero-order valence-corrected chi connectivity index (χ0v) is 15.1. The lowest BCUT2D eigenvalue weighted by Gasteiger charge is -2.56. The molecule has 4 fully saturated rings. The van der Waals surface area contributed by atoms with Crippen molar-refractivity contribution in [2.75, 3.05) is 6.54 Å². The van der Waals surface area contributed by atoms with Gasteiger partial charge in [-0.1, -0.05) is 17.7 Å². The molecule has 4 aliphatic rings. The first kappa shape index (κ1) is 15.9. The second kappa shape index (κ2) is 5.47. The van der Waals surface area contributed by atoms with Crippen LogP contribution in [0.2, 0.25) is 5.02 Å². The van der Waals surface area contributed by atoms with Gasteiger partial charge in [-0.2, -0.15) is 0 Å². The van der Waals surface area contributed by atoms with Gasteiger partial charge in [0, 0.05) is 11.6 Å². The molecule has 0 spiro atoms. The van der Waals surface area contributed by atoms with Gasteiger partial charge in [0.05, 0.1) is 4.90 Å². The first-order valence-corrected chi connectivity index (χ1v) is 10.5. The minimum atomic E-state index is -3.49. The van der Waals surface area contributed by atoms with Crippen molar-refractivity contribution in [3.63, 3.8) is 0 Å². The molecule has 0 atom stereocenters. The van der Waals surface area contributed by atoms with Crippen molar-refractivity contribution in [3.05, 3.63) is 28.8 Å². The van der Waals surface area contributed by atoms with E-state index in [1.165, 1.54) is 38.5 Å². The number of hydrogen-bond acceptors (Lipinski definition) is 2. The van der Waals surface area contributed by atoms with Gasteiger partial charge in [0.1, 0.15) is 0 Å². The number of nitrogens with one attached hydrogen (secondary N) is 1. The molecule has 0 aromatic heterocycles. The number of rotatable bonds is 4. The Labute approximate surface area is 143 Å². The molecule has 23 heavy (non-hydrogen) atoms. The van der Waals surface area contributed by atoms with E-state index in [1.54, 1.807) is 25.1 Å². The molecule has 1 aromatic rings. The summed E-state index contributed by atoms with van der Waals surface area (Å²) in [5, 5.41) is 0.502. The van der Waals surface area contributed by atoms with Crippen LogP contribution in [0.15, 0.2) is 23.1 Å². The highest BCUT2D eigenvalue weighted by molar-refractivity contribution is 7.89. The van der Waals surface area contributed by atoms with Crippen LogP contribution in [0, 0.1) is 30.1 Å². The van der Waals surface area contributed by atoms with Crippen molar-refractivity contribution in [1.29, 1.82) is 0 Å². The minimum absolute atomic E-state index is 0.203. The zero-order chi connectivity index (χ0) is 16.2. The van der Waals surface area contributed by atoms with E-state index in [9.17, 15) is 8.42 Å². The second-order valence-electron chi connectivity index (χ2n) is 8.11. The average Bonchev–Trinajstić information content (AvgIpc) is 2.47. The van der Waals surface area contributed by atoms with E-state index in [1.807, 2.05) is 0 Å². The van der Waals surface area contributed by atoms with Gasteiger partial charge in [-0.05, 0) is 86.3 Å². The highest BCUT2D eigenvalue weighted by Gasteiger charge is 2.50. The Morgan fingerprint density at radius 3 is 2.26 bits per heavy atom. The van der Waals surface area contributed by atoms with Crippen LogP contribution < -0.4 is 4.72 Å². The smallest absolute Gasteiger partial charge is 0.211 e. The average molecular weight is 354 g/mol. The summed E-state index contributed by atoms with van der Waals surface area (Å²) in [6, 6.07) is 5.08. The molecule has 5 heteroatoms. The topological polar surface area (TPSA) is 46.2 Å². The van der Waals surface area contributed by atoms with Crippen molar-refractivity contribution in [1.82, 2.24) is 4.72 Å². The molecule has 0 unspecified atom stereocenters. The second-order valence-corrected chi connectivity index (χ2v) is 10.2. The maximum absolute atomic E-state index is 12.7. The molecule has 0 radical (unpaired) electrons. The Balaban J connectivity index is 1.53. The number of sulfonamides is 1. The number of benzene rings is 1. The van der Waals surface area contributed by atoms with Crippen molar-refractivity contribution in [2.24, 2.45) is 23.2 Å². The summed E-state index contributed by atoms with van der Waals surface area (Å²) in [7, 11) is -3.49. The molecule has 3 nitrogen and oxygen atoms in total. The van der Waals surface area contributed by atoms with Crippen LogP contribution in [0.25, 0.3) is 0 Å². The van der Waals surface area contributed by atoms with Crippen LogP contribution in [0.1, 0.15) is 44.1 Å². The van der Waals surface area contributed by atoms with E-state index in [0.717, 1.165) is 17.8 Å².